The van der Waals surface area contributed by atoms with E-state index in [1.54, 1.807) is 0 Å². The van der Waals surface area contributed by atoms with E-state index in [-0.39, 0.29) is 5.54 Å². The number of nitrogens with zero attached hydrogens (tertiary/aromatic N) is 3. The summed E-state index contributed by atoms with van der Waals surface area (Å²) >= 11 is 0. The van der Waals surface area contributed by atoms with Crippen LogP contribution in [0.1, 0.15) is 44.6 Å². The fraction of sp³-hybridized carbons (Fsp3) is 0.250. The fourth-order valence-electron chi connectivity index (χ4n) is 4.17. The highest BCUT2D eigenvalue weighted by Crippen LogP contribution is 2.39. The van der Waals surface area contributed by atoms with E-state index in [0.717, 1.165) is 23.1 Å². The molecule has 4 heteroatoms. The predicted octanol–water partition coefficient (Wildman–Crippen LogP) is 5.65. The number of allylic oxidation sites excluding steroid dienone is 2. The van der Waals surface area contributed by atoms with Gasteiger partial charge in [0.05, 0.1) is 22.1 Å². The van der Waals surface area contributed by atoms with Crippen LogP contribution in [0.4, 0.5) is 5.69 Å². The molecule has 4 rings (SSSR count). The first-order valence-electron chi connectivity index (χ1n) is 9.61. The number of hydrogen-bond donors (Lipinski definition) is 1. The van der Waals surface area contributed by atoms with Crippen LogP contribution in [0, 0.1) is 11.3 Å². The lowest BCUT2D eigenvalue weighted by Crippen LogP contribution is -2.44. The van der Waals surface area contributed by atoms with Crippen LogP contribution in [-0.4, -0.2) is 22.1 Å². The number of H-pyrrole nitrogens is 1. The van der Waals surface area contributed by atoms with Gasteiger partial charge in [-0.15, -0.1) is 0 Å². The molecule has 1 aliphatic rings. The van der Waals surface area contributed by atoms with Gasteiger partial charge in [-0.1, -0.05) is 24.3 Å². The minimum absolute atomic E-state index is 0.00468. The number of anilines is 1. The zero-order valence-corrected chi connectivity index (χ0v) is 16.7. The topological polar surface area (TPSA) is 55.7 Å². The molecule has 140 valence electrons. The molecule has 1 aromatic heterocycles. The minimum Gasteiger partial charge on any atom is -0.363 e. The maximum Gasteiger partial charge on any atom is 0.149 e. The maximum atomic E-state index is 9.71. The van der Waals surface area contributed by atoms with Gasteiger partial charge in [0.25, 0.3) is 0 Å². The van der Waals surface area contributed by atoms with Crippen molar-refractivity contribution in [2.24, 2.45) is 0 Å². The Labute approximate surface area is 165 Å². The number of para-hydroxylation sites is 2. The van der Waals surface area contributed by atoms with E-state index >= 15 is 0 Å². The number of hydrogen-bond acceptors (Lipinski definition) is 3. The Balaban J connectivity index is 1.78. The monoisotopic (exact) mass is 368 g/mol. The molecule has 4 nitrogen and oxygen atoms in total. The molecule has 0 radical (unpaired) electrons. The molecule has 2 aromatic carbocycles. The Bertz CT molecular complexity index is 1120. The number of imidazole rings is 1. The number of aromatic amines is 1. The van der Waals surface area contributed by atoms with Crippen molar-refractivity contribution < 1.29 is 0 Å². The average molecular weight is 368 g/mol. The van der Waals surface area contributed by atoms with Gasteiger partial charge in [0.2, 0.25) is 0 Å². The zero-order valence-electron chi connectivity index (χ0n) is 16.7. The van der Waals surface area contributed by atoms with E-state index in [0.29, 0.717) is 11.4 Å². The number of nitriles is 1. The Morgan fingerprint density at radius 2 is 2.04 bits per heavy atom. The van der Waals surface area contributed by atoms with Crippen molar-refractivity contribution in [2.75, 3.05) is 11.4 Å². The van der Waals surface area contributed by atoms with Crippen molar-refractivity contribution in [1.82, 2.24) is 9.97 Å². The molecule has 1 N–H and O–H groups in total. The largest absolute Gasteiger partial charge is 0.363 e. The minimum atomic E-state index is -0.00468. The number of benzene rings is 2. The summed E-state index contributed by atoms with van der Waals surface area (Å²) in [6.07, 6.45) is 4.22. The highest BCUT2D eigenvalue weighted by molar-refractivity contribution is 5.91. The summed E-state index contributed by atoms with van der Waals surface area (Å²) in [5.41, 5.74) is 7.05. The second-order valence-corrected chi connectivity index (χ2v) is 7.77. The molecule has 1 aliphatic heterocycles. The van der Waals surface area contributed by atoms with Gasteiger partial charge in [0, 0.05) is 17.8 Å². The van der Waals surface area contributed by atoms with Gasteiger partial charge < -0.3 is 9.88 Å². The number of fused-ring (bicyclic) bond motifs is 2. The highest BCUT2D eigenvalue weighted by Gasteiger charge is 2.30. The quantitative estimate of drug-likeness (QED) is 0.608. The van der Waals surface area contributed by atoms with Crippen molar-refractivity contribution in [3.8, 4) is 6.07 Å². The van der Waals surface area contributed by atoms with Gasteiger partial charge in [-0.05, 0) is 69.2 Å². The second-order valence-electron chi connectivity index (χ2n) is 7.77. The first-order chi connectivity index (χ1) is 13.4. The maximum absolute atomic E-state index is 9.71. The van der Waals surface area contributed by atoms with E-state index in [1.165, 1.54) is 16.8 Å². The SMILES string of the molecule is CCN1c2ccc(/C=C(\C#N)c3nc4ccccc4[nH]3)cc2C(C)=CC1(C)C. The van der Waals surface area contributed by atoms with Crippen molar-refractivity contribution in [2.45, 2.75) is 33.2 Å². The Morgan fingerprint density at radius 1 is 1.25 bits per heavy atom. The molecule has 0 spiro atoms. The normalized spacial score (nSPS) is 15.9. The number of nitrogens with one attached hydrogen (secondary N) is 1. The molecule has 0 aliphatic carbocycles. The van der Waals surface area contributed by atoms with Crippen LogP contribution < -0.4 is 4.90 Å². The van der Waals surface area contributed by atoms with Crippen LogP contribution >= 0.6 is 0 Å². The summed E-state index contributed by atoms with van der Waals surface area (Å²) in [7, 11) is 0. The second kappa shape index (κ2) is 6.69. The van der Waals surface area contributed by atoms with Crippen LogP contribution in [0.25, 0.3) is 28.3 Å². The molecular formula is C24H24N4. The van der Waals surface area contributed by atoms with Gasteiger partial charge in [0.15, 0.2) is 0 Å². The molecule has 2 heterocycles. The van der Waals surface area contributed by atoms with Crippen LogP contribution in [0.15, 0.2) is 48.5 Å². The van der Waals surface area contributed by atoms with Crippen LogP contribution in [0.2, 0.25) is 0 Å². The van der Waals surface area contributed by atoms with Gasteiger partial charge in [-0.3, -0.25) is 0 Å². The number of aromatic nitrogens is 2. The van der Waals surface area contributed by atoms with Gasteiger partial charge >= 0.3 is 0 Å². The molecule has 0 atom stereocenters. The van der Waals surface area contributed by atoms with Crippen molar-refractivity contribution in [3.05, 3.63) is 65.5 Å². The third kappa shape index (κ3) is 2.99. The van der Waals surface area contributed by atoms with Crippen LogP contribution in [0.5, 0.6) is 0 Å². The van der Waals surface area contributed by atoms with E-state index < -0.39 is 0 Å². The van der Waals surface area contributed by atoms with Gasteiger partial charge in [0.1, 0.15) is 11.9 Å². The molecule has 3 aromatic rings. The van der Waals surface area contributed by atoms with E-state index in [1.807, 2.05) is 30.3 Å². The molecule has 0 bridgehead atoms. The lowest BCUT2D eigenvalue weighted by atomic mass is 9.88. The first kappa shape index (κ1) is 18.1. The lowest BCUT2D eigenvalue weighted by Gasteiger charge is -2.42. The molecular weight excluding hydrogens is 344 g/mol. The van der Waals surface area contributed by atoms with Crippen molar-refractivity contribution in [3.63, 3.8) is 0 Å². The number of likely N-dealkylation sites (N-methyl/N-ethyl adjacent to an activating group) is 1. The molecule has 0 amide bonds. The van der Waals surface area contributed by atoms with Crippen molar-refractivity contribution >= 4 is 33.9 Å². The molecule has 28 heavy (non-hydrogen) atoms. The summed E-state index contributed by atoms with van der Waals surface area (Å²) in [6.45, 7) is 9.77. The Hall–Kier alpha value is -3.32. The standard InChI is InChI=1S/C24H24N4/c1-5-28-22-11-10-17(13-19(22)16(2)14-24(28,3)4)12-18(15-25)23-26-20-8-6-7-9-21(20)27-23/h6-14H,5H2,1-4H3,(H,26,27)/b18-12+. The molecule has 0 unspecified atom stereocenters. The first-order valence-corrected chi connectivity index (χ1v) is 9.61. The summed E-state index contributed by atoms with van der Waals surface area (Å²) < 4.78 is 0. The smallest absolute Gasteiger partial charge is 0.149 e. The summed E-state index contributed by atoms with van der Waals surface area (Å²) in [5.74, 6) is 0.602. The molecule has 0 saturated carbocycles. The molecule has 0 fully saturated rings. The van der Waals surface area contributed by atoms with Crippen molar-refractivity contribution in [1.29, 1.82) is 5.26 Å². The third-order valence-corrected chi connectivity index (χ3v) is 5.39. The van der Waals surface area contributed by atoms with Gasteiger partial charge in [-0.2, -0.15) is 5.26 Å². The Morgan fingerprint density at radius 3 is 2.75 bits per heavy atom. The summed E-state index contributed by atoms with van der Waals surface area (Å²) in [4.78, 5) is 10.2. The van der Waals surface area contributed by atoms with E-state index in [2.05, 4.69) is 72.9 Å². The molecule has 0 saturated heterocycles. The average Bonchev–Trinajstić information content (AvgIpc) is 3.10. The Kier molecular flexibility index (Phi) is 4.31. The zero-order chi connectivity index (χ0) is 19.9. The van der Waals surface area contributed by atoms with E-state index in [4.69, 9.17) is 0 Å². The summed E-state index contributed by atoms with van der Waals surface area (Å²) in [6, 6.07) is 16.5. The predicted molar refractivity (Wildman–Crippen MR) is 117 cm³/mol. The van der Waals surface area contributed by atoms with Crippen LogP contribution in [0.3, 0.4) is 0 Å². The number of rotatable bonds is 3. The van der Waals surface area contributed by atoms with Crippen LogP contribution in [-0.2, 0) is 0 Å². The summed E-state index contributed by atoms with van der Waals surface area (Å²) in [5, 5.41) is 9.71. The highest BCUT2D eigenvalue weighted by atomic mass is 15.2. The fourth-order valence-corrected chi connectivity index (χ4v) is 4.17. The lowest BCUT2D eigenvalue weighted by molar-refractivity contribution is 0.566. The van der Waals surface area contributed by atoms with Gasteiger partial charge in [-0.25, -0.2) is 4.98 Å². The van der Waals surface area contributed by atoms with E-state index in [9.17, 15) is 5.26 Å². The third-order valence-electron chi connectivity index (χ3n) is 5.39.